The molecule has 0 aliphatic rings. The van der Waals surface area contributed by atoms with Gasteiger partial charge in [0.2, 0.25) is 0 Å². The monoisotopic (exact) mass is 273 g/mol. The first-order chi connectivity index (χ1) is 8.86. The zero-order chi connectivity index (χ0) is 14.6. The van der Waals surface area contributed by atoms with Gasteiger partial charge < -0.3 is 15.2 Å². The van der Waals surface area contributed by atoms with Crippen molar-refractivity contribution in [2.24, 2.45) is 0 Å². The largest absolute Gasteiger partial charge is 0.479 e. The van der Waals surface area contributed by atoms with Crippen LogP contribution in [0.5, 0.6) is 0 Å². The molecule has 19 heavy (non-hydrogen) atoms. The molecule has 1 rings (SSSR count). The topological polar surface area (TPSA) is 75.6 Å². The normalized spacial score (nSPS) is 12.0. The second-order valence-electron chi connectivity index (χ2n) is 3.85. The maximum Gasteiger partial charge on any atom is 0.334 e. The average Bonchev–Trinajstić information content (AvgIpc) is 2.33. The number of aryl methyl sites for hydroxylation is 1. The molecule has 1 aromatic rings. The molecule has 0 bridgehead atoms. The Morgan fingerprint density at radius 2 is 2.00 bits per heavy atom. The predicted octanol–water partition coefficient (Wildman–Crippen LogP) is 1.10. The summed E-state index contributed by atoms with van der Waals surface area (Å²) >= 11 is 0. The van der Waals surface area contributed by atoms with Crippen LogP contribution in [0.4, 0.5) is 8.78 Å². The number of benzene rings is 1. The number of methoxy groups -OCH3 is 1. The minimum absolute atomic E-state index is 0.119. The van der Waals surface area contributed by atoms with Crippen LogP contribution in [0, 0.1) is 18.6 Å². The van der Waals surface area contributed by atoms with E-state index in [2.05, 4.69) is 10.1 Å². The maximum atomic E-state index is 13.4. The minimum atomic E-state index is -1.25. The highest BCUT2D eigenvalue weighted by Gasteiger charge is 2.19. The van der Waals surface area contributed by atoms with Gasteiger partial charge in [0.15, 0.2) is 6.10 Å². The lowest BCUT2D eigenvalue weighted by Crippen LogP contribution is -2.38. The molecule has 0 aliphatic carbocycles. The third kappa shape index (κ3) is 3.72. The number of hydrogen-bond donors (Lipinski definition) is 2. The number of nitrogens with one attached hydrogen (secondary N) is 1. The third-order valence-corrected chi connectivity index (χ3v) is 2.50. The SMILES string of the molecule is COC(CNC(=O)c1cc(C)c(F)cc1F)C(=O)O. The number of rotatable bonds is 5. The van der Waals surface area contributed by atoms with E-state index in [1.54, 1.807) is 0 Å². The molecule has 0 aliphatic heterocycles. The van der Waals surface area contributed by atoms with E-state index in [1.165, 1.54) is 14.0 Å². The second kappa shape index (κ2) is 6.24. The van der Waals surface area contributed by atoms with Gasteiger partial charge in [-0.25, -0.2) is 13.6 Å². The van der Waals surface area contributed by atoms with E-state index >= 15 is 0 Å². The Kier molecular flexibility index (Phi) is 4.94. The fourth-order valence-electron chi connectivity index (χ4n) is 1.38. The van der Waals surface area contributed by atoms with E-state index < -0.39 is 29.6 Å². The fourth-order valence-corrected chi connectivity index (χ4v) is 1.38. The molecule has 1 unspecified atom stereocenters. The maximum absolute atomic E-state index is 13.4. The summed E-state index contributed by atoms with van der Waals surface area (Å²) in [7, 11) is 1.17. The van der Waals surface area contributed by atoms with Crippen LogP contribution in [0.15, 0.2) is 12.1 Å². The minimum Gasteiger partial charge on any atom is -0.479 e. The number of amides is 1. The smallest absolute Gasteiger partial charge is 0.334 e. The van der Waals surface area contributed by atoms with Crippen molar-refractivity contribution in [2.75, 3.05) is 13.7 Å². The van der Waals surface area contributed by atoms with Gasteiger partial charge in [-0.2, -0.15) is 0 Å². The van der Waals surface area contributed by atoms with Crippen LogP contribution in [-0.4, -0.2) is 36.7 Å². The molecule has 7 heteroatoms. The summed E-state index contributed by atoms with van der Waals surface area (Å²) in [6, 6.07) is 1.66. The van der Waals surface area contributed by atoms with Crippen LogP contribution in [0.3, 0.4) is 0 Å². The Hall–Kier alpha value is -2.02. The Bertz CT molecular complexity index is 505. The third-order valence-electron chi connectivity index (χ3n) is 2.50. The molecule has 0 saturated heterocycles. The summed E-state index contributed by atoms with van der Waals surface area (Å²) in [6.07, 6.45) is -1.23. The lowest BCUT2D eigenvalue weighted by atomic mass is 10.1. The summed E-state index contributed by atoms with van der Waals surface area (Å²) in [5, 5.41) is 10.9. The van der Waals surface area contributed by atoms with Crippen molar-refractivity contribution in [3.63, 3.8) is 0 Å². The van der Waals surface area contributed by atoms with Crippen molar-refractivity contribution >= 4 is 11.9 Å². The average molecular weight is 273 g/mol. The Balaban J connectivity index is 2.79. The van der Waals surface area contributed by atoms with Gasteiger partial charge >= 0.3 is 5.97 Å². The standard InChI is InChI=1S/C12H13F2NO4/c1-6-3-7(9(14)4-8(6)13)11(16)15-5-10(19-2)12(17)18/h3-4,10H,5H2,1-2H3,(H,15,16)(H,17,18). The number of hydrogen-bond acceptors (Lipinski definition) is 3. The molecule has 104 valence electrons. The summed E-state index contributed by atoms with van der Waals surface area (Å²) in [5.41, 5.74) is -0.229. The molecule has 1 amide bonds. The number of carbonyl (C=O) groups is 2. The van der Waals surface area contributed by atoms with E-state index in [0.717, 1.165) is 6.07 Å². The number of carbonyl (C=O) groups excluding carboxylic acids is 1. The van der Waals surface area contributed by atoms with Crippen molar-refractivity contribution < 1.29 is 28.2 Å². The summed E-state index contributed by atoms with van der Waals surface area (Å²) < 4.78 is 31.0. The molecule has 2 N–H and O–H groups in total. The molecule has 0 radical (unpaired) electrons. The molecule has 5 nitrogen and oxygen atoms in total. The highest BCUT2D eigenvalue weighted by molar-refractivity contribution is 5.95. The molecular formula is C12H13F2NO4. The quantitative estimate of drug-likeness (QED) is 0.842. The first kappa shape index (κ1) is 15.0. The van der Waals surface area contributed by atoms with E-state index in [1.807, 2.05) is 0 Å². The van der Waals surface area contributed by atoms with Gasteiger partial charge in [-0.3, -0.25) is 4.79 Å². The highest BCUT2D eigenvalue weighted by atomic mass is 19.1. The van der Waals surface area contributed by atoms with Gasteiger partial charge in [-0.05, 0) is 18.6 Å². The number of halogens is 2. The summed E-state index contributed by atoms with van der Waals surface area (Å²) in [6.45, 7) is 1.07. The molecular weight excluding hydrogens is 260 g/mol. The Morgan fingerprint density at radius 1 is 1.37 bits per heavy atom. The van der Waals surface area contributed by atoms with Gasteiger partial charge in [0, 0.05) is 13.2 Å². The van der Waals surface area contributed by atoms with E-state index in [9.17, 15) is 18.4 Å². The van der Waals surface area contributed by atoms with Gasteiger partial charge in [0.25, 0.3) is 5.91 Å². The zero-order valence-corrected chi connectivity index (χ0v) is 10.4. The van der Waals surface area contributed by atoms with Gasteiger partial charge in [0.1, 0.15) is 11.6 Å². The number of aliphatic carboxylic acids is 1. The number of carboxylic acid groups (broad SMARTS) is 1. The van der Waals surface area contributed by atoms with Crippen LogP contribution in [0.1, 0.15) is 15.9 Å². The van der Waals surface area contributed by atoms with Gasteiger partial charge in [-0.1, -0.05) is 0 Å². The Labute approximate surface area is 108 Å². The molecule has 0 spiro atoms. The summed E-state index contributed by atoms with van der Waals surface area (Å²) in [4.78, 5) is 22.3. The van der Waals surface area contributed by atoms with Crippen molar-refractivity contribution in [1.82, 2.24) is 5.32 Å². The second-order valence-corrected chi connectivity index (χ2v) is 3.85. The van der Waals surface area contributed by atoms with Crippen LogP contribution in [0.2, 0.25) is 0 Å². The number of carboxylic acids is 1. The van der Waals surface area contributed by atoms with E-state index in [0.29, 0.717) is 6.07 Å². The van der Waals surface area contributed by atoms with Crippen LogP contribution in [-0.2, 0) is 9.53 Å². The lowest BCUT2D eigenvalue weighted by molar-refractivity contribution is -0.148. The van der Waals surface area contributed by atoms with E-state index in [4.69, 9.17) is 5.11 Å². The molecule has 1 aromatic carbocycles. The fraction of sp³-hybridized carbons (Fsp3) is 0.333. The van der Waals surface area contributed by atoms with E-state index in [-0.39, 0.29) is 17.7 Å². The zero-order valence-electron chi connectivity index (χ0n) is 10.4. The molecule has 0 heterocycles. The molecule has 1 atom stereocenters. The highest BCUT2D eigenvalue weighted by Crippen LogP contribution is 2.14. The Morgan fingerprint density at radius 3 is 2.53 bits per heavy atom. The first-order valence-electron chi connectivity index (χ1n) is 5.36. The first-order valence-corrected chi connectivity index (χ1v) is 5.36. The van der Waals surface area contributed by atoms with Crippen LogP contribution < -0.4 is 5.32 Å². The summed E-state index contributed by atoms with van der Waals surface area (Å²) in [5.74, 6) is -3.85. The van der Waals surface area contributed by atoms with Crippen molar-refractivity contribution in [1.29, 1.82) is 0 Å². The predicted molar refractivity (Wildman–Crippen MR) is 61.9 cm³/mol. The lowest BCUT2D eigenvalue weighted by Gasteiger charge is -2.12. The van der Waals surface area contributed by atoms with Crippen LogP contribution in [0.25, 0.3) is 0 Å². The van der Waals surface area contributed by atoms with Gasteiger partial charge in [0.05, 0.1) is 12.1 Å². The van der Waals surface area contributed by atoms with Crippen molar-refractivity contribution in [3.05, 3.63) is 34.9 Å². The number of ether oxygens (including phenoxy) is 1. The molecule has 0 aromatic heterocycles. The molecule has 0 saturated carbocycles. The van der Waals surface area contributed by atoms with Crippen molar-refractivity contribution in [3.8, 4) is 0 Å². The van der Waals surface area contributed by atoms with Crippen LogP contribution >= 0.6 is 0 Å². The van der Waals surface area contributed by atoms with Crippen molar-refractivity contribution in [2.45, 2.75) is 13.0 Å². The van der Waals surface area contributed by atoms with Gasteiger partial charge in [-0.15, -0.1) is 0 Å². The molecule has 0 fully saturated rings.